The van der Waals surface area contributed by atoms with Crippen molar-refractivity contribution in [2.24, 2.45) is 5.41 Å². The number of amides is 1. The van der Waals surface area contributed by atoms with E-state index in [0.717, 1.165) is 42.9 Å². The van der Waals surface area contributed by atoms with Crippen LogP contribution in [0.1, 0.15) is 26.7 Å². The van der Waals surface area contributed by atoms with Gasteiger partial charge in [0.25, 0.3) is 0 Å². The van der Waals surface area contributed by atoms with Crippen LogP contribution in [0.5, 0.6) is 0 Å². The Balaban J connectivity index is 1.57. The maximum absolute atomic E-state index is 12.5. The van der Waals surface area contributed by atoms with Crippen LogP contribution in [0.15, 0.2) is 36.8 Å². The first-order chi connectivity index (χ1) is 12.0. The average molecular weight is 342 g/mol. The molecule has 1 unspecified atom stereocenters. The number of anilines is 1. The predicted octanol–water partition coefficient (Wildman–Crippen LogP) is 2.50. The van der Waals surface area contributed by atoms with Gasteiger partial charge < -0.3 is 15.4 Å². The lowest BCUT2D eigenvalue weighted by molar-refractivity contribution is -0.121. The highest BCUT2D eigenvalue weighted by molar-refractivity contribution is 5.94. The van der Waals surface area contributed by atoms with Gasteiger partial charge in [-0.2, -0.15) is 0 Å². The van der Waals surface area contributed by atoms with E-state index in [1.807, 2.05) is 31.2 Å². The molecule has 3 N–H and O–H groups in total. The molecule has 6 heteroatoms. The minimum absolute atomic E-state index is 0.00175. The van der Waals surface area contributed by atoms with Gasteiger partial charge in [-0.15, -0.1) is 0 Å². The van der Waals surface area contributed by atoms with Crippen molar-refractivity contribution in [3.05, 3.63) is 36.8 Å². The molecule has 2 aromatic rings. The number of likely N-dealkylation sites (tertiary alicyclic amines) is 1. The molecule has 0 aliphatic carbocycles. The lowest BCUT2D eigenvalue weighted by atomic mass is 9.81. The Bertz CT molecular complexity index is 689. The fourth-order valence-electron chi connectivity index (χ4n) is 3.17. The number of hydrogen-bond donors (Lipinski definition) is 3. The van der Waals surface area contributed by atoms with E-state index in [0.29, 0.717) is 0 Å². The number of imidazole rings is 1. The number of carbonyl (C=O) groups excluding carboxylic acids is 1. The third-order valence-electron chi connectivity index (χ3n) is 5.28. The van der Waals surface area contributed by atoms with Crippen molar-refractivity contribution in [3.63, 3.8) is 0 Å². The molecule has 25 heavy (non-hydrogen) atoms. The van der Waals surface area contributed by atoms with E-state index in [-0.39, 0.29) is 24.0 Å². The average Bonchev–Trinajstić information content (AvgIpc) is 3.17. The zero-order valence-electron chi connectivity index (χ0n) is 14.8. The largest absolute Gasteiger partial charge is 0.396 e. The fraction of sp³-hybridized carbons (Fsp3) is 0.474. The summed E-state index contributed by atoms with van der Waals surface area (Å²) < 4.78 is 0. The quantitative estimate of drug-likeness (QED) is 0.780. The van der Waals surface area contributed by atoms with Crippen molar-refractivity contribution in [2.45, 2.75) is 32.7 Å². The number of aliphatic hydroxyl groups is 1. The highest BCUT2D eigenvalue weighted by Crippen LogP contribution is 2.31. The standard InChI is InChI=1S/C19H26N4O2/c1-14(23-9-7-19(2,12-24)8-10-23)18(25)22-16-5-3-15(4-6-16)17-11-20-13-21-17/h3-6,11,13-14,24H,7-10,12H2,1-2H3,(H,20,21)(H,22,25). The summed E-state index contributed by atoms with van der Waals surface area (Å²) in [6.45, 7) is 5.94. The molecule has 1 fully saturated rings. The number of aromatic amines is 1. The number of nitrogens with zero attached hydrogens (tertiary/aromatic N) is 2. The van der Waals surface area contributed by atoms with Crippen molar-refractivity contribution in [1.29, 1.82) is 0 Å². The molecule has 6 nitrogen and oxygen atoms in total. The zero-order valence-corrected chi connectivity index (χ0v) is 14.8. The van der Waals surface area contributed by atoms with Gasteiger partial charge in [0.15, 0.2) is 0 Å². The number of piperidine rings is 1. The molecule has 0 bridgehead atoms. The van der Waals surface area contributed by atoms with Crippen LogP contribution in [0.25, 0.3) is 11.3 Å². The van der Waals surface area contributed by atoms with Gasteiger partial charge in [0.05, 0.1) is 24.3 Å². The summed E-state index contributed by atoms with van der Waals surface area (Å²) in [5.74, 6) is 0.00175. The molecule has 1 aromatic heterocycles. The van der Waals surface area contributed by atoms with Crippen molar-refractivity contribution >= 4 is 11.6 Å². The van der Waals surface area contributed by atoms with Crippen LogP contribution in [0.2, 0.25) is 0 Å². The van der Waals surface area contributed by atoms with E-state index in [1.54, 1.807) is 12.5 Å². The van der Waals surface area contributed by atoms with Crippen molar-refractivity contribution in [1.82, 2.24) is 14.9 Å². The van der Waals surface area contributed by atoms with E-state index >= 15 is 0 Å². The Hall–Kier alpha value is -2.18. The van der Waals surface area contributed by atoms with Gasteiger partial charge in [-0.3, -0.25) is 9.69 Å². The summed E-state index contributed by atoms with van der Waals surface area (Å²) in [6, 6.07) is 7.54. The van der Waals surface area contributed by atoms with Crippen LogP contribution in [0.4, 0.5) is 5.69 Å². The van der Waals surface area contributed by atoms with Gasteiger partial charge in [-0.1, -0.05) is 19.1 Å². The minimum atomic E-state index is -0.185. The fourth-order valence-corrected chi connectivity index (χ4v) is 3.17. The first kappa shape index (κ1) is 17.6. The number of hydrogen-bond acceptors (Lipinski definition) is 4. The SMILES string of the molecule is CC(C(=O)Nc1ccc(-c2cnc[nH]2)cc1)N1CCC(C)(CO)CC1. The molecule has 0 spiro atoms. The Labute approximate surface area is 148 Å². The molecule has 1 amide bonds. The second-order valence-electron chi connectivity index (χ2n) is 7.21. The van der Waals surface area contributed by atoms with Crippen molar-refractivity contribution in [2.75, 3.05) is 25.0 Å². The van der Waals surface area contributed by atoms with Crippen LogP contribution >= 0.6 is 0 Å². The van der Waals surface area contributed by atoms with Gasteiger partial charge in [0.1, 0.15) is 0 Å². The number of rotatable bonds is 5. The number of H-pyrrole nitrogens is 1. The third-order valence-corrected chi connectivity index (χ3v) is 5.28. The van der Waals surface area contributed by atoms with E-state index in [2.05, 4.69) is 27.1 Å². The Morgan fingerprint density at radius 1 is 1.36 bits per heavy atom. The summed E-state index contributed by atoms with van der Waals surface area (Å²) in [5.41, 5.74) is 2.77. The molecule has 134 valence electrons. The zero-order chi connectivity index (χ0) is 17.9. The van der Waals surface area contributed by atoms with Gasteiger partial charge in [0, 0.05) is 12.3 Å². The molecule has 1 aromatic carbocycles. The topological polar surface area (TPSA) is 81.2 Å². The summed E-state index contributed by atoms with van der Waals surface area (Å²) in [6.07, 6.45) is 5.25. The number of aromatic nitrogens is 2. The van der Waals surface area contributed by atoms with E-state index in [9.17, 15) is 9.90 Å². The number of carbonyl (C=O) groups is 1. The second kappa shape index (κ2) is 7.37. The van der Waals surface area contributed by atoms with E-state index in [1.165, 1.54) is 0 Å². The number of aliphatic hydroxyl groups excluding tert-OH is 1. The Morgan fingerprint density at radius 3 is 2.60 bits per heavy atom. The molecule has 0 saturated carbocycles. The first-order valence-corrected chi connectivity index (χ1v) is 8.75. The van der Waals surface area contributed by atoms with Gasteiger partial charge in [-0.25, -0.2) is 4.98 Å². The van der Waals surface area contributed by atoms with Crippen LogP contribution in [-0.2, 0) is 4.79 Å². The molecular weight excluding hydrogens is 316 g/mol. The lowest BCUT2D eigenvalue weighted by Gasteiger charge is -2.40. The molecule has 1 atom stereocenters. The van der Waals surface area contributed by atoms with Gasteiger partial charge in [-0.05, 0) is 56.0 Å². The summed E-state index contributed by atoms with van der Waals surface area (Å²) in [4.78, 5) is 21.8. The minimum Gasteiger partial charge on any atom is -0.396 e. The normalized spacial score (nSPS) is 18.7. The number of benzene rings is 1. The molecule has 1 aliphatic rings. The summed E-state index contributed by atoms with van der Waals surface area (Å²) in [7, 11) is 0. The highest BCUT2D eigenvalue weighted by Gasteiger charge is 2.32. The molecule has 1 aliphatic heterocycles. The molecular formula is C19H26N4O2. The van der Waals surface area contributed by atoms with Crippen LogP contribution < -0.4 is 5.32 Å². The van der Waals surface area contributed by atoms with Crippen LogP contribution in [0.3, 0.4) is 0 Å². The van der Waals surface area contributed by atoms with Crippen molar-refractivity contribution < 1.29 is 9.90 Å². The number of nitrogens with one attached hydrogen (secondary N) is 2. The molecule has 0 radical (unpaired) electrons. The molecule has 2 heterocycles. The molecule has 1 saturated heterocycles. The molecule has 3 rings (SSSR count). The maximum Gasteiger partial charge on any atom is 0.241 e. The van der Waals surface area contributed by atoms with E-state index in [4.69, 9.17) is 0 Å². The Morgan fingerprint density at radius 2 is 2.04 bits per heavy atom. The second-order valence-corrected chi connectivity index (χ2v) is 7.21. The third kappa shape index (κ3) is 4.08. The van der Waals surface area contributed by atoms with Gasteiger partial charge in [0.2, 0.25) is 5.91 Å². The predicted molar refractivity (Wildman–Crippen MR) is 98.1 cm³/mol. The van der Waals surface area contributed by atoms with E-state index < -0.39 is 0 Å². The lowest BCUT2D eigenvalue weighted by Crippen LogP contribution is -2.48. The van der Waals surface area contributed by atoms with Crippen LogP contribution in [0, 0.1) is 5.41 Å². The Kier molecular flexibility index (Phi) is 5.20. The first-order valence-electron chi connectivity index (χ1n) is 8.75. The summed E-state index contributed by atoms with van der Waals surface area (Å²) in [5, 5.41) is 12.5. The maximum atomic E-state index is 12.5. The summed E-state index contributed by atoms with van der Waals surface area (Å²) >= 11 is 0. The van der Waals surface area contributed by atoms with Crippen molar-refractivity contribution in [3.8, 4) is 11.3 Å². The smallest absolute Gasteiger partial charge is 0.241 e. The van der Waals surface area contributed by atoms with Gasteiger partial charge >= 0.3 is 0 Å². The highest BCUT2D eigenvalue weighted by atomic mass is 16.3. The monoisotopic (exact) mass is 342 g/mol. The van der Waals surface area contributed by atoms with Crippen LogP contribution in [-0.4, -0.2) is 51.6 Å².